The quantitative estimate of drug-likeness (QED) is 0.929. The number of nitrogens with zero attached hydrogens (tertiary/aromatic N) is 6. The van der Waals surface area contributed by atoms with Gasteiger partial charge in [-0.3, -0.25) is 10.00 Å². The lowest BCUT2D eigenvalue weighted by Gasteiger charge is -2.31. The number of piperidine rings is 1. The molecule has 3 aliphatic rings. The average Bonchev–Trinajstić information content (AvgIpc) is 3.21. The molecule has 0 aromatic carbocycles. The summed E-state index contributed by atoms with van der Waals surface area (Å²) in [5.74, 6) is 5.53. The van der Waals surface area contributed by atoms with Crippen molar-refractivity contribution in [1.29, 1.82) is 0 Å². The molecule has 4 heterocycles. The molecule has 1 N–H and O–H groups in total. The number of hydrogen-bond acceptors (Lipinski definition) is 5. The van der Waals surface area contributed by atoms with Crippen LogP contribution in [0.4, 0.5) is 0 Å². The first-order valence-corrected chi connectivity index (χ1v) is 9.42. The molecule has 0 bridgehead atoms. The van der Waals surface area contributed by atoms with Crippen molar-refractivity contribution in [2.75, 3.05) is 13.1 Å². The minimum atomic E-state index is 0.450. The van der Waals surface area contributed by atoms with E-state index in [0.29, 0.717) is 11.8 Å². The van der Waals surface area contributed by atoms with E-state index in [1.54, 1.807) is 0 Å². The van der Waals surface area contributed by atoms with Gasteiger partial charge in [-0.2, -0.15) is 5.10 Å². The minimum Gasteiger partial charge on any atom is -0.314 e. The lowest BCUT2D eigenvalue weighted by Crippen LogP contribution is -2.35. The maximum Gasteiger partial charge on any atom is 0.155 e. The molecular formula is C17H25N7. The summed E-state index contributed by atoms with van der Waals surface area (Å²) in [5.41, 5.74) is 0. The fraction of sp³-hybridized carbons (Fsp3) is 0.765. The van der Waals surface area contributed by atoms with Gasteiger partial charge in [0.2, 0.25) is 0 Å². The molecule has 0 amide bonds. The lowest BCUT2D eigenvalue weighted by atomic mass is 9.97. The summed E-state index contributed by atoms with van der Waals surface area (Å²) >= 11 is 0. The van der Waals surface area contributed by atoms with Gasteiger partial charge in [-0.1, -0.05) is 0 Å². The van der Waals surface area contributed by atoms with E-state index in [9.17, 15) is 0 Å². The number of aryl methyl sites for hydroxylation is 1. The normalized spacial score (nSPS) is 24.9. The molecule has 5 rings (SSSR count). The Morgan fingerprint density at radius 1 is 1.00 bits per heavy atom. The summed E-state index contributed by atoms with van der Waals surface area (Å²) in [7, 11) is 0. The Kier molecular flexibility index (Phi) is 3.61. The third-order valence-corrected chi connectivity index (χ3v) is 5.66. The molecule has 1 saturated heterocycles. The van der Waals surface area contributed by atoms with E-state index < -0.39 is 0 Å². The smallest absolute Gasteiger partial charge is 0.155 e. The Labute approximate surface area is 141 Å². The van der Waals surface area contributed by atoms with Gasteiger partial charge in [0, 0.05) is 31.3 Å². The first-order chi connectivity index (χ1) is 11.9. The topological polar surface area (TPSA) is 75.5 Å². The molecule has 2 aromatic rings. The van der Waals surface area contributed by atoms with Crippen LogP contribution in [0.1, 0.15) is 73.7 Å². The zero-order chi connectivity index (χ0) is 15.9. The van der Waals surface area contributed by atoms with Crippen LogP contribution >= 0.6 is 0 Å². The van der Waals surface area contributed by atoms with Crippen molar-refractivity contribution in [3.63, 3.8) is 0 Å². The van der Waals surface area contributed by atoms with Gasteiger partial charge >= 0.3 is 0 Å². The molecule has 1 saturated carbocycles. The molecule has 7 heteroatoms. The molecule has 24 heavy (non-hydrogen) atoms. The molecule has 1 unspecified atom stereocenters. The highest BCUT2D eigenvalue weighted by atomic mass is 15.3. The number of nitrogens with one attached hydrogen (secondary N) is 1. The van der Waals surface area contributed by atoms with Crippen LogP contribution in [-0.4, -0.2) is 47.9 Å². The maximum atomic E-state index is 4.77. The zero-order valence-corrected chi connectivity index (χ0v) is 14.1. The predicted molar refractivity (Wildman–Crippen MR) is 88.6 cm³/mol. The number of aromatic amines is 1. The number of likely N-dealkylation sites (tertiary alicyclic amines) is 1. The standard InChI is InChI=1S/C17H25N7/c1-2-9-24-14(5-1)19-20-15(24)11-23-8-3-4-13(10-23)17-18-16(21-22-17)12-6-7-12/h12-13H,1-11H2,(H,18,21,22). The van der Waals surface area contributed by atoms with E-state index in [2.05, 4.69) is 29.9 Å². The van der Waals surface area contributed by atoms with Gasteiger partial charge in [-0.05, 0) is 45.1 Å². The van der Waals surface area contributed by atoms with Crippen LogP contribution in [0.2, 0.25) is 0 Å². The average molecular weight is 327 g/mol. The van der Waals surface area contributed by atoms with Crippen molar-refractivity contribution in [2.45, 2.75) is 69.9 Å². The first kappa shape index (κ1) is 14.6. The highest BCUT2D eigenvalue weighted by Gasteiger charge is 2.30. The van der Waals surface area contributed by atoms with E-state index in [1.807, 2.05) is 0 Å². The van der Waals surface area contributed by atoms with Crippen LogP contribution in [0, 0.1) is 0 Å². The van der Waals surface area contributed by atoms with Gasteiger partial charge in [0.25, 0.3) is 0 Å². The molecule has 1 atom stereocenters. The Bertz CT molecular complexity index is 714. The molecule has 128 valence electrons. The minimum absolute atomic E-state index is 0.450. The largest absolute Gasteiger partial charge is 0.314 e. The highest BCUT2D eigenvalue weighted by Crippen LogP contribution is 2.38. The SMILES string of the molecule is C1CCn2c(nnc2CN2CCCC(c3n[nH]c(C4CC4)n3)C2)C1. The number of rotatable bonds is 4. The highest BCUT2D eigenvalue weighted by molar-refractivity contribution is 5.08. The molecule has 0 radical (unpaired) electrons. The van der Waals surface area contributed by atoms with Crippen LogP contribution in [0.15, 0.2) is 0 Å². The zero-order valence-electron chi connectivity index (χ0n) is 14.1. The Balaban J connectivity index is 1.27. The fourth-order valence-corrected chi connectivity index (χ4v) is 4.11. The van der Waals surface area contributed by atoms with Gasteiger partial charge in [-0.15, -0.1) is 10.2 Å². The molecule has 0 spiro atoms. The number of fused-ring (bicyclic) bond motifs is 1. The van der Waals surface area contributed by atoms with Crippen LogP contribution in [0.25, 0.3) is 0 Å². The molecule has 2 aromatic heterocycles. The van der Waals surface area contributed by atoms with Gasteiger partial charge in [0.1, 0.15) is 17.5 Å². The maximum absolute atomic E-state index is 4.77. The molecule has 2 fully saturated rings. The van der Waals surface area contributed by atoms with E-state index in [0.717, 1.165) is 50.1 Å². The number of H-pyrrole nitrogens is 1. The van der Waals surface area contributed by atoms with Gasteiger partial charge < -0.3 is 4.57 Å². The van der Waals surface area contributed by atoms with E-state index in [-0.39, 0.29) is 0 Å². The van der Waals surface area contributed by atoms with Crippen LogP contribution < -0.4 is 0 Å². The van der Waals surface area contributed by atoms with Crippen molar-refractivity contribution in [3.05, 3.63) is 23.3 Å². The molecular weight excluding hydrogens is 302 g/mol. The second-order valence-corrected chi connectivity index (χ2v) is 7.57. The van der Waals surface area contributed by atoms with Crippen molar-refractivity contribution >= 4 is 0 Å². The Morgan fingerprint density at radius 3 is 2.88 bits per heavy atom. The first-order valence-electron chi connectivity index (χ1n) is 9.42. The van der Waals surface area contributed by atoms with Gasteiger partial charge in [-0.25, -0.2) is 4.98 Å². The summed E-state index contributed by atoms with van der Waals surface area (Å²) < 4.78 is 2.34. The monoisotopic (exact) mass is 327 g/mol. The number of aromatic nitrogens is 6. The van der Waals surface area contributed by atoms with E-state index >= 15 is 0 Å². The van der Waals surface area contributed by atoms with Crippen molar-refractivity contribution in [3.8, 4) is 0 Å². The predicted octanol–water partition coefficient (Wildman–Crippen LogP) is 1.99. The lowest BCUT2D eigenvalue weighted by molar-refractivity contribution is 0.189. The van der Waals surface area contributed by atoms with Crippen molar-refractivity contribution in [2.24, 2.45) is 0 Å². The fourth-order valence-electron chi connectivity index (χ4n) is 4.11. The van der Waals surface area contributed by atoms with Gasteiger partial charge in [0.15, 0.2) is 5.82 Å². The molecule has 1 aliphatic carbocycles. The molecule has 2 aliphatic heterocycles. The second-order valence-electron chi connectivity index (χ2n) is 7.57. The summed E-state index contributed by atoms with van der Waals surface area (Å²) in [6, 6.07) is 0. The van der Waals surface area contributed by atoms with Crippen molar-refractivity contribution < 1.29 is 0 Å². The van der Waals surface area contributed by atoms with E-state index in [1.165, 1.54) is 44.3 Å². The summed E-state index contributed by atoms with van der Waals surface area (Å²) in [4.78, 5) is 7.28. The van der Waals surface area contributed by atoms with Crippen LogP contribution in [0.5, 0.6) is 0 Å². The summed E-state index contributed by atoms with van der Waals surface area (Å²) in [6.45, 7) is 4.16. The van der Waals surface area contributed by atoms with Crippen LogP contribution in [0.3, 0.4) is 0 Å². The third kappa shape index (κ3) is 2.75. The molecule has 7 nitrogen and oxygen atoms in total. The third-order valence-electron chi connectivity index (χ3n) is 5.66. The summed E-state index contributed by atoms with van der Waals surface area (Å²) in [5, 5.41) is 16.5. The Morgan fingerprint density at radius 2 is 1.96 bits per heavy atom. The summed E-state index contributed by atoms with van der Waals surface area (Å²) in [6.07, 6.45) is 8.51. The van der Waals surface area contributed by atoms with Gasteiger partial charge in [0.05, 0.1) is 6.54 Å². The van der Waals surface area contributed by atoms with Crippen molar-refractivity contribution in [1.82, 2.24) is 34.8 Å². The van der Waals surface area contributed by atoms with E-state index in [4.69, 9.17) is 4.98 Å². The second kappa shape index (κ2) is 5.95. The van der Waals surface area contributed by atoms with Crippen LogP contribution in [-0.2, 0) is 19.5 Å². The number of hydrogen-bond donors (Lipinski definition) is 1. The Hall–Kier alpha value is -1.76.